The minimum Gasteiger partial charge on any atom is -0.452 e. The largest absolute Gasteiger partial charge is 0.452 e. The topological polar surface area (TPSA) is 46.6 Å². The first kappa shape index (κ1) is 15.6. The summed E-state index contributed by atoms with van der Waals surface area (Å²) >= 11 is 5.94. The molecule has 1 aliphatic rings. The lowest BCUT2D eigenvalue weighted by atomic mass is 10.00. The van der Waals surface area contributed by atoms with E-state index in [2.05, 4.69) is 6.07 Å². The molecule has 0 bridgehead atoms. The van der Waals surface area contributed by atoms with Gasteiger partial charge < -0.3 is 9.64 Å². The Labute approximate surface area is 139 Å². The van der Waals surface area contributed by atoms with Crippen molar-refractivity contribution >= 4 is 23.5 Å². The second kappa shape index (κ2) is 6.84. The number of esters is 1. The smallest absolute Gasteiger partial charge is 0.340 e. The van der Waals surface area contributed by atoms with E-state index >= 15 is 0 Å². The number of rotatable bonds is 3. The van der Waals surface area contributed by atoms with Crippen molar-refractivity contribution in [2.45, 2.75) is 13.0 Å². The first-order valence-corrected chi connectivity index (χ1v) is 7.79. The van der Waals surface area contributed by atoms with Crippen molar-refractivity contribution in [3.63, 3.8) is 0 Å². The first-order valence-electron chi connectivity index (χ1n) is 7.41. The molecule has 23 heavy (non-hydrogen) atoms. The van der Waals surface area contributed by atoms with E-state index in [1.807, 2.05) is 18.2 Å². The van der Waals surface area contributed by atoms with Crippen molar-refractivity contribution in [3.8, 4) is 0 Å². The molecule has 0 saturated carbocycles. The number of hydrogen-bond donors (Lipinski definition) is 0. The van der Waals surface area contributed by atoms with Gasteiger partial charge in [0.2, 0.25) is 0 Å². The van der Waals surface area contributed by atoms with Crippen LogP contribution in [0.5, 0.6) is 0 Å². The number of carbonyl (C=O) groups is 2. The molecular formula is C18H16ClNO3. The fourth-order valence-electron chi connectivity index (χ4n) is 2.63. The molecule has 0 N–H and O–H groups in total. The van der Waals surface area contributed by atoms with Crippen LogP contribution in [0.1, 0.15) is 21.5 Å². The Bertz CT molecular complexity index is 745. The summed E-state index contributed by atoms with van der Waals surface area (Å²) in [6, 6.07) is 14.7. The summed E-state index contributed by atoms with van der Waals surface area (Å²) in [6.07, 6.45) is 0.820. The maximum Gasteiger partial charge on any atom is 0.340 e. The van der Waals surface area contributed by atoms with E-state index < -0.39 is 5.97 Å². The van der Waals surface area contributed by atoms with Crippen LogP contribution in [0.2, 0.25) is 5.02 Å². The maximum absolute atomic E-state index is 12.2. The Morgan fingerprint density at radius 1 is 1.04 bits per heavy atom. The van der Waals surface area contributed by atoms with E-state index in [0.717, 1.165) is 12.0 Å². The molecule has 0 saturated heterocycles. The van der Waals surface area contributed by atoms with Crippen LogP contribution in [0.15, 0.2) is 48.5 Å². The summed E-state index contributed by atoms with van der Waals surface area (Å²) in [5, 5.41) is 0.317. The summed E-state index contributed by atoms with van der Waals surface area (Å²) < 4.78 is 5.10. The molecule has 0 fully saturated rings. The molecule has 2 aromatic rings. The minimum absolute atomic E-state index is 0.195. The van der Waals surface area contributed by atoms with Crippen molar-refractivity contribution < 1.29 is 14.3 Å². The lowest BCUT2D eigenvalue weighted by Crippen LogP contribution is -2.38. The highest BCUT2D eigenvalue weighted by Crippen LogP contribution is 2.19. The van der Waals surface area contributed by atoms with Crippen molar-refractivity contribution in [1.29, 1.82) is 0 Å². The van der Waals surface area contributed by atoms with Crippen molar-refractivity contribution in [2.24, 2.45) is 0 Å². The fourth-order valence-corrected chi connectivity index (χ4v) is 2.84. The number of benzene rings is 2. The number of halogens is 1. The van der Waals surface area contributed by atoms with Crippen LogP contribution in [0, 0.1) is 0 Å². The van der Waals surface area contributed by atoms with E-state index in [-0.39, 0.29) is 18.1 Å². The lowest BCUT2D eigenvalue weighted by molar-refractivity contribution is -0.135. The highest BCUT2D eigenvalue weighted by atomic mass is 35.5. The molecule has 1 heterocycles. The molecule has 3 rings (SSSR count). The molecule has 1 amide bonds. The average Bonchev–Trinajstić information content (AvgIpc) is 2.59. The van der Waals surface area contributed by atoms with Gasteiger partial charge >= 0.3 is 5.97 Å². The Hall–Kier alpha value is -2.33. The second-order valence-electron chi connectivity index (χ2n) is 5.39. The normalized spacial score (nSPS) is 13.3. The standard InChI is InChI=1S/C18H16ClNO3/c19-16-8-4-3-7-15(16)18(22)23-12-17(21)20-10-9-13-5-1-2-6-14(13)11-20/h1-8H,9-12H2. The van der Waals surface area contributed by atoms with Gasteiger partial charge in [-0.1, -0.05) is 48.0 Å². The Balaban J connectivity index is 1.58. The van der Waals surface area contributed by atoms with E-state index in [1.165, 1.54) is 5.56 Å². The van der Waals surface area contributed by atoms with E-state index in [9.17, 15) is 9.59 Å². The maximum atomic E-state index is 12.2. The fraction of sp³-hybridized carbons (Fsp3) is 0.222. The van der Waals surface area contributed by atoms with Gasteiger partial charge in [-0.3, -0.25) is 4.79 Å². The van der Waals surface area contributed by atoms with E-state index in [4.69, 9.17) is 16.3 Å². The zero-order valence-electron chi connectivity index (χ0n) is 12.5. The summed E-state index contributed by atoms with van der Waals surface area (Å²) in [7, 11) is 0. The number of amides is 1. The molecule has 118 valence electrons. The van der Waals surface area contributed by atoms with Crippen molar-refractivity contribution in [1.82, 2.24) is 4.90 Å². The van der Waals surface area contributed by atoms with Crippen LogP contribution in [0.4, 0.5) is 0 Å². The van der Waals surface area contributed by atoms with Crippen molar-refractivity contribution in [3.05, 3.63) is 70.2 Å². The third-order valence-corrected chi connectivity index (χ3v) is 4.23. The zero-order chi connectivity index (χ0) is 16.2. The summed E-state index contributed by atoms with van der Waals surface area (Å²) in [5.74, 6) is -0.777. The molecule has 2 aromatic carbocycles. The number of nitrogens with zero attached hydrogens (tertiary/aromatic N) is 1. The molecule has 0 radical (unpaired) electrons. The SMILES string of the molecule is O=C(OCC(=O)N1CCc2ccccc2C1)c1ccccc1Cl. The number of carbonyl (C=O) groups excluding carboxylic acids is 2. The summed E-state index contributed by atoms with van der Waals surface area (Å²) in [4.78, 5) is 25.9. The van der Waals surface area contributed by atoms with Crippen LogP contribution in [0.25, 0.3) is 0 Å². The van der Waals surface area contributed by atoms with E-state index in [1.54, 1.807) is 29.2 Å². The average molecular weight is 330 g/mol. The lowest BCUT2D eigenvalue weighted by Gasteiger charge is -2.28. The highest BCUT2D eigenvalue weighted by Gasteiger charge is 2.22. The first-order chi connectivity index (χ1) is 11.1. The molecule has 1 aliphatic heterocycles. The van der Waals surface area contributed by atoms with Crippen LogP contribution < -0.4 is 0 Å². The van der Waals surface area contributed by atoms with Gasteiger partial charge in [-0.25, -0.2) is 4.79 Å². The Kier molecular flexibility index (Phi) is 4.63. The van der Waals surface area contributed by atoms with Gasteiger partial charge in [-0.05, 0) is 29.7 Å². The molecule has 0 aromatic heterocycles. The third kappa shape index (κ3) is 3.54. The van der Waals surface area contributed by atoms with Crippen LogP contribution in [-0.2, 0) is 22.5 Å². The molecule has 0 atom stereocenters. The summed E-state index contributed by atoms with van der Waals surface area (Å²) in [5.41, 5.74) is 2.68. The third-order valence-electron chi connectivity index (χ3n) is 3.90. The predicted octanol–water partition coefficient (Wildman–Crippen LogP) is 3.08. The van der Waals surface area contributed by atoms with Gasteiger partial charge in [0.15, 0.2) is 6.61 Å². The monoisotopic (exact) mass is 329 g/mol. The zero-order valence-corrected chi connectivity index (χ0v) is 13.3. The van der Waals surface area contributed by atoms with Gasteiger partial charge in [0.25, 0.3) is 5.91 Å². The van der Waals surface area contributed by atoms with Crippen LogP contribution >= 0.6 is 11.6 Å². The molecule has 0 unspecified atom stereocenters. The molecule has 0 spiro atoms. The quantitative estimate of drug-likeness (QED) is 0.813. The van der Waals surface area contributed by atoms with Gasteiger partial charge in [0.05, 0.1) is 10.6 Å². The second-order valence-corrected chi connectivity index (χ2v) is 5.80. The Morgan fingerprint density at radius 3 is 2.52 bits per heavy atom. The number of hydrogen-bond acceptors (Lipinski definition) is 3. The van der Waals surface area contributed by atoms with Gasteiger partial charge in [-0.2, -0.15) is 0 Å². The van der Waals surface area contributed by atoms with Gasteiger partial charge in [-0.15, -0.1) is 0 Å². The molecule has 0 aliphatic carbocycles. The summed E-state index contributed by atoms with van der Waals surface area (Å²) in [6.45, 7) is 0.921. The van der Waals surface area contributed by atoms with Crippen LogP contribution in [-0.4, -0.2) is 29.9 Å². The molecule has 5 heteroatoms. The molecule has 4 nitrogen and oxygen atoms in total. The Morgan fingerprint density at radius 2 is 1.74 bits per heavy atom. The molecular weight excluding hydrogens is 314 g/mol. The van der Waals surface area contributed by atoms with Crippen LogP contribution in [0.3, 0.4) is 0 Å². The van der Waals surface area contributed by atoms with Crippen molar-refractivity contribution in [2.75, 3.05) is 13.2 Å². The highest BCUT2D eigenvalue weighted by molar-refractivity contribution is 6.33. The number of fused-ring (bicyclic) bond motifs is 1. The van der Waals surface area contributed by atoms with E-state index in [0.29, 0.717) is 18.1 Å². The number of ether oxygens (including phenoxy) is 1. The van der Waals surface area contributed by atoms with Gasteiger partial charge in [0.1, 0.15) is 0 Å². The predicted molar refractivity (Wildman–Crippen MR) is 87.3 cm³/mol. The van der Waals surface area contributed by atoms with Gasteiger partial charge in [0, 0.05) is 13.1 Å². The minimum atomic E-state index is -0.582.